The minimum atomic E-state index is -0.796. The van der Waals surface area contributed by atoms with Crippen LogP contribution < -0.4 is 16.4 Å². The largest absolute Gasteiger partial charge is 0.354 e. The second-order valence-electron chi connectivity index (χ2n) is 11.5. The van der Waals surface area contributed by atoms with E-state index in [0.717, 1.165) is 36.9 Å². The van der Waals surface area contributed by atoms with E-state index in [2.05, 4.69) is 20.9 Å². The molecule has 218 valence electrons. The number of amides is 3. The number of rotatable bonds is 4. The maximum Gasteiger partial charge on any atom is 0.242 e. The molecule has 1 aromatic heterocycles. The summed E-state index contributed by atoms with van der Waals surface area (Å²) in [7, 11) is 0. The number of aryl methyl sites for hydroxylation is 1. The van der Waals surface area contributed by atoms with Gasteiger partial charge in [0.1, 0.15) is 6.04 Å². The maximum atomic E-state index is 14.0. The first kappa shape index (κ1) is 30.0. The molecule has 3 aliphatic rings. The molecule has 11 heteroatoms. The van der Waals surface area contributed by atoms with Crippen LogP contribution in [0.15, 0.2) is 36.5 Å². The lowest BCUT2D eigenvalue weighted by molar-refractivity contribution is -0.143. The summed E-state index contributed by atoms with van der Waals surface area (Å²) in [6.45, 7) is 2.03. The molecule has 1 saturated carbocycles. The number of carbonyl (C=O) groups excluding carboxylic acids is 3. The molecule has 5 rings (SSSR count). The molecule has 10 nitrogen and oxygen atoms in total. The van der Waals surface area contributed by atoms with E-state index >= 15 is 0 Å². The molecule has 2 fully saturated rings. The third kappa shape index (κ3) is 7.01. The lowest BCUT2D eigenvalue weighted by Crippen LogP contribution is -2.58. The van der Waals surface area contributed by atoms with Crippen LogP contribution in [0, 0.1) is 11.3 Å². The van der Waals surface area contributed by atoms with Crippen LogP contribution in [0.1, 0.15) is 62.6 Å². The Kier molecular flexibility index (Phi) is 10.2. The predicted molar refractivity (Wildman–Crippen MR) is 153 cm³/mol. The van der Waals surface area contributed by atoms with Crippen molar-refractivity contribution in [2.45, 2.75) is 82.8 Å². The lowest BCUT2D eigenvalue weighted by Gasteiger charge is -2.42. The van der Waals surface area contributed by atoms with E-state index in [0.29, 0.717) is 58.3 Å². The molecule has 2 atom stereocenters. The normalized spacial score (nSPS) is 23.0. The second kappa shape index (κ2) is 13.6. The lowest BCUT2D eigenvalue weighted by atomic mass is 9.73. The molecule has 2 aliphatic heterocycles. The summed E-state index contributed by atoms with van der Waals surface area (Å²) in [5.41, 5.74) is 7.39. The van der Waals surface area contributed by atoms with Gasteiger partial charge in [-0.05, 0) is 43.6 Å². The molecule has 2 aromatic rings. The molecule has 4 N–H and O–H groups in total. The van der Waals surface area contributed by atoms with Gasteiger partial charge in [0.05, 0.1) is 17.2 Å². The van der Waals surface area contributed by atoms with Crippen molar-refractivity contribution < 1.29 is 14.4 Å². The number of hydrogen-bond acceptors (Lipinski definition) is 6. The highest BCUT2D eigenvalue weighted by Crippen LogP contribution is 2.36. The fourth-order valence-corrected chi connectivity index (χ4v) is 6.37. The Morgan fingerprint density at radius 3 is 2.50 bits per heavy atom. The van der Waals surface area contributed by atoms with E-state index in [1.54, 1.807) is 4.68 Å². The zero-order valence-electron chi connectivity index (χ0n) is 23.1. The van der Waals surface area contributed by atoms with Gasteiger partial charge in [0, 0.05) is 45.2 Å². The summed E-state index contributed by atoms with van der Waals surface area (Å²) in [6.07, 6.45) is 9.88. The first-order chi connectivity index (χ1) is 18.9. The van der Waals surface area contributed by atoms with Crippen LogP contribution in [0.4, 0.5) is 0 Å². The third-order valence-electron chi connectivity index (χ3n) is 8.83. The van der Waals surface area contributed by atoms with Crippen LogP contribution >= 0.6 is 12.4 Å². The van der Waals surface area contributed by atoms with Gasteiger partial charge in [-0.2, -0.15) is 0 Å². The molecular formula is C29H42ClN7O3. The Labute approximate surface area is 242 Å². The molecule has 1 spiro atoms. The molecule has 40 heavy (non-hydrogen) atoms. The number of aromatic nitrogens is 3. The van der Waals surface area contributed by atoms with Crippen molar-refractivity contribution >= 4 is 30.1 Å². The van der Waals surface area contributed by atoms with Crippen molar-refractivity contribution in [1.82, 2.24) is 30.5 Å². The maximum absolute atomic E-state index is 14.0. The topological polar surface area (TPSA) is 135 Å². The second-order valence-corrected chi connectivity index (χ2v) is 11.5. The smallest absolute Gasteiger partial charge is 0.242 e. The standard InChI is InChI=1S/C29H41N7O3.ClH/c30-25(22-10-5-2-6-11-22)27(38)35-16-12-29(13-17-35)19-23-20-36(34-33-23)15-7-14-31-26(37)24(32-28(29)39)18-21-8-3-1-4-9-21;/h1,3-4,8-9,20,22,24-25H,2,5-7,10-19,30H2,(H,31,37)(H,32,39);1H/t24?,25-;/m0./s1. The molecule has 3 heterocycles. The molecule has 1 aromatic carbocycles. The van der Waals surface area contributed by atoms with Gasteiger partial charge in [-0.25, -0.2) is 0 Å². The summed E-state index contributed by atoms with van der Waals surface area (Å²) in [6, 6.07) is 8.56. The van der Waals surface area contributed by atoms with E-state index in [1.165, 1.54) is 6.42 Å². The van der Waals surface area contributed by atoms with Crippen LogP contribution in [0.25, 0.3) is 0 Å². The molecule has 1 unspecified atom stereocenters. The summed E-state index contributed by atoms with van der Waals surface area (Å²) < 4.78 is 1.77. The van der Waals surface area contributed by atoms with Gasteiger partial charge in [-0.1, -0.05) is 54.8 Å². The molecule has 0 radical (unpaired) electrons. The third-order valence-corrected chi connectivity index (χ3v) is 8.83. The Balaban J connectivity index is 0.00000370. The monoisotopic (exact) mass is 571 g/mol. The van der Waals surface area contributed by atoms with Crippen LogP contribution in [0.3, 0.4) is 0 Å². The van der Waals surface area contributed by atoms with Gasteiger partial charge in [-0.3, -0.25) is 19.1 Å². The zero-order chi connectivity index (χ0) is 27.2. The fourth-order valence-electron chi connectivity index (χ4n) is 6.37. The number of nitrogens with two attached hydrogens (primary N) is 1. The fraction of sp³-hybridized carbons (Fsp3) is 0.621. The molecule has 3 amide bonds. The highest BCUT2D eigenvalue weighted by atomic mass is 35.5. The summed E-state index contributed by atoms with van der Waals surface area (Å²) in [4.78, 5) is 42.4. The molecular weight excluding hydrogens is 530 g/mol. The minimum absolute atomic E-state index is 0. The number of nitrogens with zero attached hydrogens (tertiary/aromatic N) is 4. The van der Waals surface area contributed by atoms with Gasteiger partial charge in [-0.15, -0.1) is 17.5 Å². The highest BCUT2D eigenvalue weighted by Gasteiger charge is 2.45. The van der Waals surface area contributed by atoms with E-state index in [-0.39, 0.29) is 36.0 Å². The number of benzene rings is 1. The molecule has 1 saturated heterocycles. The molecule has 1 aliphatic carbocycles. The van der Waals surface area contributed by atoms with Gasteiger partial charge >= 0.3 is 0 Å². The van der Waals surface area contributed by atoms with Gasteiger partial charge in [0.2, 0.25) is 17.7 Å². The summed E-state index contributed by atoms with van der Waals surface area (Å²) in [5.74, 6) is -0.126. The van der Waals surface area contributed by atoms with Crippen molar-refractivity contribution in [1.29, 1.82) is 0 Å². The van der Waals surface area contributed by atoms with Gasteiger partial charge in [0.15, 0.2) is 0 Å². The van der Waals surface area contributed by atoms with Gasteiger partial charge < -0.3 is 21.3 Å². The predicted octanol–water partition coefficient (Wildman–Crippen LogP) is 2.01. The zero-order valence-corrected chi connectivity index (χ0v) is 23.9. The van der Waals surface area contributed by atoms with Crippen LogP contribution in [-0.4, -0.2) is 69.3 Å². The van der Waals surface area contributed by atoms with Crippen molar-refractivity contribution in [3.8, 4) is 0 Å². The summed E-state index contributed by atoms with van der Waals surface area (Å²) >= 11 is 0. The van der Waals surface area contributed by atoms with E-state index in [9.17, 15) is 14.4 Å². The molecule has 2 bridgehead atoms. The van der Waals surface area contributed by atoms with E-state index in [1.807, 2.05) is 41.4 Å². The summed E-state index contributed by atoms with van der Waals surface area (Å²) in [5, 5.41) is 14.7. The Morgan fingerprint density at radius 1 is 1.05 bits per heavy atom. The Morgan fingerprint density at radius 2 is 1.77 bits per heavy atom. The average molecular weight is 572 g/mol. The van der Waals surface area contributed by atoms with Crippen molar-refractivity contribution in [3.63, 3.8) is 0 Å². The van der Waals surface area contributed by atoms with Crippen LogP contribution in [0.5, 0.6) is 0 Å². The minimum Gasteiger partial charge on any atom is -0.354 e. The van der Waals surface area contributed by atoms with Crippen molar-refractivity contribution in [2.75, 3.05) is 19.6 Å². The van der Waals surface area contributed by atoms with Crippen molar-refractivity contribution in [2.24, 2.45) is 17.1 Å². The van der Waals surface area contributed by atoms with Gasteiger partial charge in [0.25, 0.3) is 0 Å². The van der Waals surface area contributed by atoms with Crippen molar-refractivity contribution in [3.05, 3.63) is 47.8 Å². The number of halogens is 1. The van der Waals surface area contributed by atoms with Crippen LogP contribution in [-0.2, 0) is 33.8 Å². The van der Waals surface area contributed by atoms with Crippen LogP contribution in [0.2, 0.25) is 0 Å². The number of piperidine rings is 1. The number of likely N-dealkylation sites (tertiary alicyclic amines) is 1. The highest BCUT2D eigenvalue weighted by molar-refractivity contribution is 5.91. The number of fused-ring (bicyclic) bond motifs is 2. The Bertz CT molecular complexity index is 1140. The van der Waals surface area contributed by atoms with E-state index in [4.69, 9.17) is 5.73 Å². The SMILES string of the molecule is Cl.N[C@H](C(=O)N1CCC2(CC1)Cc1cn(nn1)CCCNC(=O)C(Cc1ccccc1)NC2=O)C1CCCCC1. The number of hydrogen-bond donors (Lipinski definition) is 3. The quantitative estimate of drug-likeness (QED) is 0.514. The van der Waals surface area contributed by atoms with E-state index < -0.39 is 17.5 Å². The number of nitrogens with one attached hydrogen (secondary N) is 2. The first-order valence-corrected chi connectivity index (χ1v) is 14.5. The Hall–Kier alpha value is -2.98. The number of carbonyl (C=O) groups is 3. The first-order valence-electron chi connectivity index (χ1n) is 14.5. The average Bonchev–Trinajstić information content (AvgIpc) is 3.41.